The Morgan fingerprint density at radius 2 is 1.90 bits per heavy atom. The summed E-state index contributed by atoms with van der Waals surface area (Å²) in [5.74, 6) is 0.0302. The summed E-state index contributed by atoms with van der Waals surface area (Å²) in [6.07, 6.45) is 4.61. The Labute approximate surface area is 179 Å². The fourth-order valence-corrected chi connectivity index (χ4v) is 3.16. The molecule has 0 saturated heterocycles. The van der Waals surface area contributed by atoms with Crippen molar-refractivity contribution in [2.24, 2.45) is 0 Å². The first-order valence-electron chi connectivity index (χ1n) is 9.87. The van der Waals surface area contributed by atoms with E-state index in [4.69, 9.17) is 4.74 Å². The van der Waals surface area contributed by atoms with Gasteiger partial charge in [-0.05, 0) is 38.5 Å². The van der Waals surface area contributed by atoms with E-state index in [0.717, 1.165) is 5.56 Å². The van der Waals surface area contributed by atoms with Gasteiger partial charge in [-0.25, -0.2) is 19.2 Å². The number of halogens is 1. The lowest BCUT2D eigenvalue weighted by molar-refractivity contribution is -0.378. The van der Waals surface area contributed by atoms with Gasteiger partial charge in [-0.3, -0.25) is 4.90 Å². The second-order valence-corrected chi connectivity index (χ2v) is 8.06. The van der Waals surface area contributed by atoms with Crippen molar-refractivity contribution in [1.29, 1.82) is 0 Å². The number of nitrogens with zero attached hydrogens (tertiary/aromatic N) is 4. The molecular weight excluding hydrogens is 397 g/mol. The van der Waals surface area contributed by atoms with Crippen molar-refractivity contribution in [3.8, 4) is 11.3 Å². The molecule has 31 heavy (non-hydrogen) atoms. The third kappa shape index (κ3) is 4.53. The summed E-state index contributed by atoms with van der Waals surface area (Å²) in [6, 6.07) is 13.5. The number of amides is 1. The molecule has 3 aromatic heterocycles. The zero-order valence-corrected chi connectivity index (χ0v) is 17.5. The molecule has 1 N–H and O–H groups in total. The number of carbonyl (C=O) groups is 1. The third-order valence-corrected chi connectivity index (χ3v) is 4.51. The molecular formula is C23H23FN5O2+. The minimum atomic E-state index is -0.690. The number of rotatable bonds is 4. The molecule has 158 valence electrons. The molecule has 1 aromatic carbocycles. The molecule has 0 saturated carbocycles. The number of pyridine rings is 1. The van der Waals surface area contributed by atoms with Crippen molar-refractivity contribution >= 4 is 17.6 Å². The number of hydrogen-bond donors (Lipinski definition) is 0. The van der Waals surface area contributed by atoms with Gasteiger partial charge in [0.25, 0.3) is 0 Å². The van der Waals surface area contributed by atoms with E-state index >= 15 is 0 Å². The summed E-state index contributed by atoms with van der Waals surface area (Å²) in [5.41, 5.74) is 1.42. The SMILES string of the molecule is CC(C)(C)OC(=O)N(Cc1cc[nH+]cc1)c1cc(-c2ccccc2F)nc2ccnn12. The number of hydrogen-bond acceptors (Lipinski definition) is 4. The summed E-state index contributed by atoms with van der Waals surface area (Å²) >= 11 is 0. The molecule has 0 spiro atoms. The predicted molar refractivity (Wildman–Crippen MR) is 114 cm³/mol. The van der Waals surface area contributed by atoms with Crippen LogP contribution in [0.5, 0.6) is 0 Å². The normalized spacial score (nSPS) is 11.5. The maximum absolute atomic E-state index is 14.5. The minimum absolute atomic E-state index is 0.235. The van der Waals surface area contributed by atoms with Crippen LogP contribution in [0, 0.1) is 5.82 Å². The van der Waals surface area contributed by atoms with Crippen LogP contribution in [0.3, 0.4) is 0 Å². The van der Waals surface area contributed by atoms with E-state index < -0.39 is 17.5 Å². The van der Waals surface area contributed by atoms with Gasteiger partial charge in [0.2, 0.25) is 0 Å². The maximum atomic E-state index is 14.5. The monoisotopic (exact) mass is 420 g/mol. The van der Waals surface area contributed by atoms with Crippen LogP contribution in [-0.2, 0) is 11.3 Å². The fraction of sp³-hybridized carbons (Fsp3) is 0.217. The number of nitrogens with one attached hydrogen (secondary N) is 1. The average molecular weight is 420 g/mol. The van der Waals surface area contributed by atoms with E-state index in [1.54, 1.807) is 74.2 Å². The molecule has 0 radical (unpaired) electrons. The fourth-order valence-electron chi connectivity index (χ4n) is 3.16. The zero-order chi connectivity index (χ0) is 22.0. The molecule has 4 aromatic rings. The van der Waals surface area contributed by atoms with E-state index in [1.807, 2.05) is 12.1 Å². The lowest BCUT2D eigenvalue weighted by Gasteiger charge is -2.27. The Morgan fingerprint density at radius 1 is 1.16 bits per heavy atom. The number of H-pyrrole nitrogens is 1. The summed E-state index contributed by atoms with van der Waals surface area (Å²) in [5, 5.41) is 4.32. The molecule has 0 aliphatic rings. The lowest BCUT2D eigenvalue weighted by atomic mass is 10.1. The number of carbonyl (C=O) groups excluding carboxylic acids is 1. The van der Waals surface area contributed by atoms with Crippen LogP contribution in [0.25, 0.3) is 16.9 Å². The summed E-state index contributed by atoms with van der Waals surface area (Å²) in [6.45, 7) is 5.66. The van der Waals surface area contributed by atoms with E-state index in [0.29, 0.717) is 22.7 Å². The van der Waals surface area contributed by atoms with Gasteiger partial charge in [0.1, 0.15) is 17.2 Å². The minimum Gasteiger partial charge on any atom is -0.443 e. The van der Waals surface area contributed by atoms with Crippen LogP contribution in [-0.4, -0.2) is 26.3 Å². The summed E-state index contributed by atoms with van der Waals surface area (Å²) in [4.78, 5) is 22.2. The summed E-state index contributed by atoms with van der Waals surface area (Å²) in [7, 11) is 0. The van der Waals surface area contributed by atoms with Gasteiger partial charge in [0.05, 0.1) is 18.4 Å². The van der Waals surface area contributed by atoms with Crippen molar-refractivity contribution in [3.05, 3.63) is 78.5 Å². The Bertz CT molecular complexity index is 1220. The molecule has 1 amide bonds. The summed E-state index contributed by atoms with van der Waals surface area (Å²) < 4.78 is 21.7. The van der Waals surface area contributed by atoms with E-state index in [-0.39, 0.29) is 6.54 Å². The molecule has 0 fully saturated rings. The van der Waals surface area contributed by atoms with Crippen molar-refractivity contribution in [1.82, 2.24) is 14.6 Å². The second kappa shape index (κ2) is 8.14. The van der Waals surface area contributed by atoms with Crippen LogP contribution in [0.15, 0.2) is 67.1 Å². The van der Waals surface area contributed by atoms with Crippen LogP contribution in [0.4, 0.5) is 15.0 Å². The molecule has 0 aliphatic carbocycles. The van der Waals surface area contributed by atoms with Gasteiger partial charge < -0.3 is 4.74 Å². The molecule has 0 atom stereocenters. The first kappa shape index (κ1) is 20.5. The van der Waals surface area contributed by atoms with E-state index in [1.165, 1.54) is 11.0 Å². The first-order valence-corrected chi connectivity index (χ1v) is 9.87. The van der Waals surface area contributed by atoms with E-state index in [9.17, 15) is 9.18 Å². The Kier molecular flexibility index (Phi) is 5.37. The quantitative estimate of drug-likeness (QED) is 0.494. The third-order valence-electron chi connectivity index (χ3n) is 4.51. The van der Waals surface area contributed by atoms with E-state index in [2.05, 4.69) is 15.1 Å². The standard InChI is InChI=1S/C23H22FN5O2/c1-23(2,3)31-22(30)28(15-16-8-11-25-12-9-16)21-14-19(17-6-4-5-7-18(17)24)27-20-10-13-26-29(20)21/h4-14H,15H2,1-3H3/p+1. The highest BCUT2D eigenvalue weighted by Gasteiger charge is 2.27. The second-order valence-electron chi connectivity index (χ2n) is 8.06. The number of aromatic nitrogens is 4. The van der Waals surface area contributed by atoms with Gasteiger partial charge in [-0.15, -0.1) is 0 Å². The van der Waals surface area contributed by atoms with Gasteiger partial charge in [-0.2, -0.15) is 9.61 Å². The predicted octanol–water partition coefficient (Wildman–Crippen LogP) is 4.29. The molecule has 0 unspecified atom stereocenters. The van der Waals surface area contributed by atoms with Crippen molar-refractivity contribution in [2.75, 3.05) is 4.90 Å². The van der Waals surface area contributed by atoms with Crippen LogP contribution in [0.2, 0.25) is 0 Å². The zero-order valence-electron chi connectivity index (χ0n) is 17.5. The molecule has 8 heteroatoms. The number of aromatic amines is 1. The van der Waals surface area contributed by atoms with Gasteiger partial charge in [-0.1, -0.05) is 12.1 Å². The Hall–Kier alpha value is -3.81. The lowest BCUT2D eigenvalue weighted by Crippen LogP contribution is -2.37. The van der Waals surface area contributed by atoms with Crippen molar-refractivity contribution in [2.45, 2.75) is 32.9 Å². The van der Waals surface area contributed by atoms with Crippen LogP contribution < -0.4 is 9.88 Å². The van der Waals surface area contributed by atoms with Gasteiger partial charge >= 0.3 is 6.09 Å². The van der Waals surface area contributed by atoms with Crippen molar-refractivity contribution in [3.63, 3.8) is 0 Å². The first-order chi connectivity index (χ1) is 14.8. The molecule has 0 bridgehead atoms. The van der Waals surface area contributed by atoms with Gasteiger partial charge in [0.15, 0.2) is 18.0 Å². The average Bonchev–Trinajstić information content (AvgIpc) is 3.20. The Morgan fingerprint density at radius 3 is 2.61 bits per heavy atom. The molecule has 4 rings (SSSR count). The Balaban J connectivity index is 1.87. The number of ether oxygens (including phenoxy) is 1. The largest absolute Gasteiger partial charge is 0.443 e. The van der Waals surface area contributed by atoms with Crippen LogP contribution in [0.1, 0.15) is 26.3 Å². The molecule has 0 aliphatic heterocycles. The smallest absolute Gasteiger partial charge is 0.416 e. The number of benzene rings is 1. The number of fused-ring (bicyclic) bond motifs is 1. The number of anilines is 1. The van der Waals surface area contributed by atoms with Gasteiger partial charge in [0, 0.05) is 29.8 Å². The maximum Gasteiger partial charge on any atom is 0.416 e. The van der Waals surface area contributed by atoms with Crippen molar-refractivity contribution < 1.29 is 18.9 Å². The topological polar surface area (TPSA) is 73.9 Å². The highest BCUT2D eigenvalue weighted by atomic mass is 19.1. The molecule has 7 nitrogen and oxygen atoms in total. The molecule has 3 heterocycles. The van der Waals surface area contributed by atoms with Crippen LogP contribution >= 0.6 is 0 Å². The highest BCUT2D eigenvalue weighted by molar-refractivity contribution is 5.88. The highest BCUT2D eigenvalue weighted by Crippen LogP contribution is 2.28.